The van der Waals surface area contributed by atoms with Gasteiger partial charge in [-0.2, -0.15) is 0 Å². The molecule has 3 rings (SSSR count). The molecular formula is C23H26NO6+. The molecule has 2 aromatic carbocycles. The number of methoxy groups -OCH3 is 1. The van der Waals surface area contributed by atoms with Crippen LogP contribution in [0.5, 0.6) is 17.2 Å². The van der Waals surface area contributed by atoms with Crippen LogP contribution >= 0.6 is 0 Å². The number of rotatable bonds is 7. The molecule has 0 aliphatic carbocycles. The molecule has 30 heavy (non-hydrogen) atoms. The van der Waals surface area contributed by atoms with Gasteiger partial charge in [0.1, 0.15) is 23.8 Å². The van der Waals surface area contributed by atoms with Gasteiger partial charge >= 0.3 is 5.97 Å². The minimum Gasteiger partial charge on any atom is -0.507 e. The number of phenols is 1. The number of nitrogens with one attached hydrogen (secondary N) is 1. The van der Waals surface area contributed by atoms with Gasteiger partial charge in [0.25, 0.3) is 0 Å². The molecule has 0 aliphatic heterocycles. The second kappa shape index (κ2) is 9.00. The van der Waals surface area contributed by atoms with Crippen LogP contribution in [0.15, 0.2) is 45.6 Å². The molecule has 1 heterocycles. The SMILES string of the molecule is CC[NH+](CC)Cc1c(O)ccc2c(=O)c(Oc3ccc(C(=O)OC)cc3)c(C)oc12. The number of ether oxygens (including phenoxy) is 2. The fourth-order valence-corrected chi connectivity index (χ4v) is 3.33. The van der Waals surface area contributed by atoms with E-state index in [4.69, 9.17) is 9.15 Å². The molecule has 0 unspecified atom stereocenters. The van der Waals surface area contributed by atoms with Crippen molar-refractivity contribution >= 4 is 16.9 Å². The van der Waals surface area contributed by atoms with E-state index in [2.05, 4.69) is 18.6 Å². The standard InChI is InChI=1S/C23H25NO6/c1-5-24(6-2)13-18-19(25)12-11-17-20(26)21(14(3)29-22(17)18)30-16-9-7-15(8-10-16)23(27)28-4/h7-12,25H,5-6,13H2,1-4H3/p+1. The van der Waals surface area contributed by atoms with Crippen molar-refractivity contribution in [2.45, 2.75) is 27.3 Å². The molecule has 158 valence electrons. The first kappa shape index (κ1) is 21.4. The lowest BCUT2D eigenvalue weighted by Crippen LogP contribution is -3.10. The number of quaternary nitrogens is 1. The minimum absolute atomic E-state index is 0.0696. The second-order valence-corrected chi connectivity index (χ2v) is 7.01. The maximum Gasteiger partial charge on any atom is 0.337 e. The van der Waals surface area contributed by atoms with Gasteiger partial charge in [0, 0.05) is 0 Å². The third kappa shape index (κ3) is 4.16. The summed E-state index contributed by atoms with van der Waals surface area (Å²) < 4.78 is 16.4. The van der Waals surface area contributed by atoms with Crippen molar-refractivity contribution in [3.8, 4) is 17.2 Å². The first-order valence-corrected chi connectivity index (χ1v) is 9.87. The van der Waals surface area contributed by atoms with Crippen LogP contribution in [-0.4, -0.2) is 31.3 Å². The molecule has 1 aromatic heterocycles. The van der Waals surface area contributed by atoms with Crippen molar-refractivity contribution in [2.75, 3.05) is 20.2 Å². The van der Waals surface area contributed by atoms with Gasteiger partial charge in [0.2, 0.25) is 11.2 Å². The normalized spacial score (nSPS) is 11.1. The molecule has 0 saturated heterocycles. The third-order valence-electron chi connectivity index (χ3n) is 5.18. The second-order valence-electron chi connectivity index (χ2n) is 7.01. The summed E-state index contributed by atoms with van der Waals surface area (Å²) in [7, 11) is 1.31. The summed E-state index contributed by atoms with van der Waals surface area (Å²) in [6, 6.07) is 9.35. The summed E-state index contributed by atoms with van der Waals surface area (Å²) in [5.41, 5.74) is 1.05. The van der Waals surface area contributed by atoms with Crippen molar-refractivity contribution in [3.63, 3.8) is 0 Å². The Hall–Kier alpha value is -3.32. The highest BCUT2D eigenvalue weighted by Gasteiger charge is 2.21. The van der Waals surface area contributed by atoms with Crippen molar-refractivity contribution in [1.29, 1.82) is 0 Å². The van der Waals surface area contributed by atoms with Gasteiger partial charge in [0.05, 0.1) is 36.7 Å². The van der Waals surface area contributed by atoms with E-state index in [0.29, 0.717) is 40.2 Å². The summed E-state index contributed by atoms with van der Waals surface area (Å²) in [6.07, 6.45) is 0. The Kier molecular flexibility index (Phi) is 6.42. The number of esters is 1. The van der Waals surface area contributed by atoms with E-state index in [1.807, 2.05) is 0 Å². The highest BCUT2D eigenvalue weighted by Crippen LogP contribution is 2.30. The van der Waals surface area contributed by atoms with Gasteiger partial charge in [0.15, 0.2) is 5.58 Å². The number of carbonyl (C=O) groups excluding carboxylic acids is 1. The average Bonchev–Trinajstić information content (AvgIpc) is 2.76. The van der Waals surface area contributed by atoms with Crippen LogP contribution in [0.3, 0.4) is 0 Å². The first-order chi connectivity index (χ1) is 14.4. The zero-order valence-electron chi connectivity index (χ0n) is 17.6. The van der Waals surface area contributed by atoms with E-state index in [1.165, 1.54) is 18.1 Å². The number of hydrogen-bond donors (Lipinski definition) is 2. The Bertz CT molecular complexity index is 1110. The zero-order valence-corrected chi connectivity index (χ0v) is 17.6. The summed E-state index contributed by atoms with van der Waals surface area (Å²) in [4.78, 5) is 25.9. The van der Waals surface area contributed by atoms with E-state index in [-0.39, 0.29) is 16.9 Å². The molecule has 0 radical (unpaired) electrons. The quantitative estimate of drug-likeness (QED) is 0.580. The number of phenolic OH excluding ortho intramolecular Hbond substituents is 1. The summed E-state index contributed by atoms with van der Waals surface area (Å²) in [5.74, 6) is 0.428. The van der Waals surface area contributed by atoms with Crippen LogP contribution < -0.4 is 15.1 Å². The van der Waals surface area contributed by atoms with Crippen LogP contribution in [0, 0.1) is 6.92 Å². The van der Waals surface area contributed by atoms with Gasteiger partial charge in [-0.3, -0.25) is 4.79 Å². The number of hydrogen-bond acceptors (Lipinski definition) is 6. The maximum absolute atomic E-state index is 13.1. The lowest BCUT2D eigenvalue weighted by atomic mass is 10.1. The average molecular weight is 412 g/mol. The van der Waals surface area contributed by atoms with Crippen LogP contribution in [-0.2, 0) is 11.3 Å². The number of fused-ring (bicyclic) bond motifs is 1. The van der Waals surface area contributed by atoms with E-state index >= 15 is 0 Å². The lowest BCUT2D eigenvalue weighted by Gasteiger charge is -2.17. The molecule has 7 heteroatoms. The van der Waals surface area contributed by atoms with Crippen LogP contribution in [0.25, 0.3) is 11.0 Å². The highest BCUT2D eigenvalue weighted by atomic mass is 16.5. The molecule has 7 nitrogen and oxygen atoms in total. The zero-order chi connectivity index (χ0) is 21.8. The molecular weight excluding hydrogens is 386 g/mol. The molecule has 3 aromatic rings. The van der Waals surface area contributed by atoms with E-state index in [0.717, 1.165) is 13.1 Å². The van der Waals surface area contributed by atoms with Gasteiger partial charge in [-0.05, 0) is 57.2 Å². The maximum atomic E-state index is 13.1. The fraction of sp³-hybridized carbons (Fsp3) is 0.304. The van der Waals surface area contributed by atoms with Crippen molar-refractivity contribution in [1.82, 2.24) is 0 Å². The summed E-state index contributed by atoms with van der Waals surface area (Å²) in [6.45, 7) is 8.11. The molecule has 0 aliphatic rings. The Morgan fingerprint density at radius 1 is 1.10 bits per heavy atom. The Morgan fingerprint density at radius 2 is 1.77 bits per heavy atom. The summed E-state index contributed by atoms with van der Waals surface area (Å²) >= 11 is 0. The highest BCUT2D eigenvalue weighted by molar-refractivity contribution is 5.89. The molecule has 0 atom stereocenters. The number of aryl methyl sites for hydroxylation is 1. The smallest absolute Gasteiger partial charge is 0.337 e. The topological polar surface area (TPSA) is 90.4 Å². The predicted molar refractivity (Wildman–Crippen MR) is 112 cm³/mol. The largest absolute Gasteiger partial charge is 0.507 e. The molecule has 0 bridgehead atoms. The molecule has 2 N–H and O–H groups in total. The molecule has 0 spiro atoms. The van der Waals surface area contributed by atoms with Crippen LogP contribution in [0.1, 0.15) is 35.5 Å². The molecule has 0 saturated carbocycles. The van der Waals surface area contributed by atoms with E-state index in [1.54, 1.807) is 37.3 Å². The van der Waals surface area contributed by atoms with Crippen molar-refractivity contribution in [2.24, 2.45) is 0 Å². The molecule has 0 fully saturated rings. The number of benzene rings is 2. The fourth-order valence-electron chi connectivity index (χ4n) is 3.33. The van der Waals surface area contributed by atoms with Crippen LogP contribution in [0.4, 0.5) is 0 Å². The Morgan fingerprint density at radius 3 is 2.37 bits per heavy atom. The predicted octanol–water partition coefficient (Wildman–Crippen LogP) is 2.81. The van der Waals surface area contributed by atoms with Crippen LogP contribution in [0.2, 0.25) is 0 Å². The van der Waals surface area contributed by atoms with Gasteiger partial charge in [-0.1, -0.05) is 0 Å². The monoisotopic (exact) mass is 412 g/mol. The van der Waals surface area contributed by atoms with E-state index in [9.17, 15) is 14.7 Å². The molecule has 0 amide bonds. The van der Waals surface area contributed by atoms with Gasteiger partial charge < -0.3 is 23.9 Å². The first-order valence-electron chi connectivity index (χ1n) is 9.87. The number of carbonyl (C=O) groups is 1. The summed E-state index contributed by atoms with van der Waals surface area (Å²) in [5, 5.41) is 10.7. The van der Waals surface area contributed by atoms with Gasteiger partial charge in [-0.25, -0.2) is 4.79 Å². The van der Waals surface area contributed by atoms with Gasteiger partial charge in [-0.15, -0.1) is 0 Å². The Balaban J connectivity index is 2.02. The Labute approximate surface area is 174 Å². The minimum atomic E-state index is -0.453. The van der Waals surface area contributed by atoms with Crippen molar-refractivity contribution in [3.05, 3.63) is 63.5 Å². The van der Waals surface area contributed by atoms with Crippen molar-refractivity contribution < 1.29 is 28.7 Å². The number of aromatic hydroxyl groups is 1. The third-order valence-corrected chi connectivity index (χ3v) is 5.18. The van der Waals surface area contributed by atoms with E-state index < -0.39 is 5.97 Å². The lowest BCUT2D eigenvalue weighted by molar-refractivity contribution is -0.910.